The van der Waals surface area contributed by atoms with E-state index in [1.165, 1.54) is 0 Å². The molecule has 4 heteroatoms. The van der Waals surface area contributed by atoms with Gasteiger partial charge >= 0.3 is 0 Å². The normalized spacial score (nSPS) is 9.50. The number of rotatable bonds is 3. The van der Waals surface area contributed by atoms with Crippen LogP contribution in [0.25, 0.3) is 0 Å². The fourth-order valence-corrected chi connectivity index (χ4v) is 2.48. The minimum absolute atomic E-state index is 0.0166. The van der Waals surface area contributed by atoms with Gasteiger partial charge in [0.15, 0.2) is 0 Å². The lowest BCUT2D eigenvalue weighted by Crippen LogP contribution is -2.24. The predicted octanol–water partition coefficient (Wildman–Crippen LogP) is 2.49. The standard InChI is InChI=1S/C10H10BrNOS/c1-3-4-10(13)12(2)6-9-5-8(11)7-14-9/h1,5,7H,4,6H2,2H3. The molecule has 1 amide bonds. The molecule has 0 unspecified atom stereocenters. The molecule has 1 aromatic rings. The van der Waals surface area contributed by atoms with Crippen LogP contribution in [0.1, 0.15) is 11.3 Å². The van der Waals surface area contributed by atoms with E-state index in [0.717, 1.165) is 9.35 Å². The molecule has 74 valence electrons. The molecule has 1 aromatic heterocycles. The number of thiophene rings is 1. The van der Waals surface area contributed by atoms with Crippen molar-refractivity contribution in [1.29, 1.82) is 0 Å². The second kappa shape index (κ2) is 5.18. The van der Waals surface area contributed by atoms with E-state index in [4.69, 9.17) is 6.42 Å². The molecule has 0 aliphatic carbocycles. The Bertz CT molecular complexity index is 366. The SMILES string of the molecule is C#CCC(=O)N(C)Cc1cc(Br)cs1. The van der Waals surface area contributed by atoms with Crippen LogP contribution in [0, 0.1) is 12.3 Å². The molecule has 1 heterocycles. The van der Waals surface area contributed by atoms with Gasteiger partial charge in [0, 0.05) is 21.8 Å². The van der Waals surface area contributed by atoms with E-state index in [0.29, 0.717) is 6.54 Å². The van der Waals surface area contributed by atoms with Gasteiger partial charge < -0.3 is 4.90 Å². The summed E-state index contributed by atoms with van der Waals surface area (Å²) in [4.78, 5) is 14.1. The fourth-order valence-electron chi connectivity index (χ4n) is 0.981. The zero-order chi connectivity index (χ0) is 10.6. The molecule has 0 aromatic carbocycles. The van der Waals surface area contributed by atoms with Crippen LogP contribution in [0.3, 0.4) is 0 Å². The summed E-state index contributed by atoms with van der Waals surface area (Å²) < 4.78 is 1.05. The highest BCUT2D eigenvalue weighted by Gasteiger charge is 2.08. The van der Waals surface area contributed by atoms with Crippen molar-refractivity contribution in [3.63, 3.8) is 0 Å². The average molecular weight is 272 g/mol. The minimum atomic E-state index is -0.0166. The Morgan fingerprint density at radius 2 is 2.50 bits per heavy atom. The van der Waals surface area contributed by atoms with Gasteiger partial charge in [-0.3, -0.25) is 4.79 Å². The van der Waals surface area contributed by atoms with E-state index in [-0.39, 0.29) is 12.3 Å². The van der Waals surface area contributed by atoms with E-state index in [2.05, 4.69) is 21.9 Å². The molecule has 0 fully saturated rings. The Balaban J connectivity index is 2.53. The van der Waals surface area contributed by atoms with E-state index in [1.807, 2.05) is 11.4 Å². The average Bonchev–Trinajstić information content (AvgIpc) is 2.51. The molecular weight excluding hydrogens is 262 g/mol. The van der Waals surface area contributed by atoms with Crippen molar-refractivity contribution in [2.75, 3.05) is 7.05 Å². The highest BCUT2D eigenvalue weighted by Crippen LogP contribution is 2.20. The third-order valence-electron chi connectivity index (χ3n) is 1.69. The zero-order valence-corrected chi connectivity index (χ0v) is 10.2. The van der Waals surface area contributed by atoms with Gasteiger partial charge in [-0.15, -0.1) is 17.8 Å². The van der Waals surface area contributed by atoms with Crippen LogP contribution >= 0.6 is 27.3 Å². The first kappa shape index (κ1) is 11.3. The fraction of sp³-hybridized carbons (Fsp3) is 0.300. The van der Waals surface area contributed by atoms with Crippen molar-refractivity contribution in [3.8, 4) is 12.3 Å². The molecule has 0 radical (unpaired) electrons. The molecule has 0 saturated heterocycles. The Hall–Kier alpha value is -0.790. The summed E-state index contributed by atoms with van der Waals surface area (Å²) in [5.74, 6) is 2.33. The summed E-state index contributed by atoms with van der Waals surface area (Å²) in [7, 11) is 1.76. The summed E-state index contributed by atoms with van der Waals surface area (Å²) in [5, 5.41) is 1.99. The molecule has 14 heavy (non-hydrogen) atoms. The van der Waals surface area contributed by atoms with Gasteiger partial charge in [0.1, 0.15) is 0 Å². The summed E-state index contributed by atoms with van der Waals surface area (Å²) in [6.07, 6.45) is 5.23. The summed E-state index contributed by atoms with van der Waals surface area (Å²) in [5.41, 5.74) is 0. The number of hydrogen-bond donors (Lipinski definition) is 0. The highest BCUT2D eigenvalue weighted by atomic mass is 79.9. The first-order valence-electron chi connectivity index (χ1n) is 4.04. The number of amides is 1. The first-order valence-corrected chi connectivity index (χ1v) is 5.71. The first-order chi connectivity index (χ1) is 6.63. The molecule has 0 atom stereocenters. The summed E-state index contributed by atoms with van der Waals surface area (Å²) in [6, 6.07) is 2.00. The molecule has 0 N–H and O–H groups in total. The van der Waals surface area contributed by atoms with Crippen molar-refractivity contribution in [1.82, 2.24) is 4.90 Å². The van der Waals surface area contributed by atoms with Crippen molar-refractivity contribution in [2.45, 2.75) is 13.0 Å². The number of terminal acetylenes is 1. The number of hydrogen-bond acceptors (Lipinski definition) is 2. The molecule has 2 nitrogen and oxygen atoms in total. The van der Waals surface area contributed by atoms with Gasteiger partial charge in [0.25, 0.3) is 0 Å². The maximum atomic E-state index is 11.3. The molecule has 1 rings (SSSR count). The van der Waals surface area contributed by atoms with Gasteiger partial charge in [0.05, 0.1) is 13.0 Å². The van der Waals surface area contributed by atoms with Gasteiger partial charge in [-0.25, -0.2) is 0 Å². The number of halogens is 1. The molecule has 0 saturated carbocycles. The van der Waals surface area contributed by atoms with Crippen LogP contribution in [-0.2, 0) is 11.3 Å². The number of carbonyl (C=O) groups excluding carboxylic acids is 1. The van der Waals surface area contributed by atoms with Crippen LogP contribution in [-0.4, -0.2) is 17.9 Å². The van der Waals surface area contributed by atoms with Crippen molar-refractivity contribution < 1.29 is 4.79 Å². The zero-order valence-electron chi connectivity index (χ0n) is 7.79. The van der Waals surface area contributed by atoms with Crippen LogP contribution in [0.2, 0.25) is 0 Å². The topological polar surface area (TPSA) is 20.3 Å². The smallest absolute Gasteiger partial charge is 0.234 e. The Morgan fingerprint density at radius 1 is 1.79 bits per heavy atom. The second-order valence-corrected chi connectivity index (χ2v) is 4.77. The highest BCUT2D eigenvalue weighted by molar-refractivity contribution is 9.10. The van der Waals surface area contributed by atoms with Crippen molar-refractivity contribution in [2.24, 2.45) is 0 Å². The largest absolute Gasteiger partial charge is 0.340 e. The van der Waals surface area contributed by atoms with Crippen LogP contribution < -0.4 is 0 Å². The lowest BCUT2D eigenvalue weighted by molar-refractivity contribution is -0.129. The van der Waals surface area contributed by atoms with Gasteiger partial charge in [-0.2, -0.15) is 0 Å². The summed E-state index contributed by atoms with van der Waals surface area (Å²) >= 11 is 4.99. The Kier molecular flexibility index (Phi) is 4.18. The van der Waals surface area contributed by atoms with E-state index in [1.54, 1.807) is 23.3 Å². The lowest BCUT2D eigenvalue weighted by Gasteiger charge is -2.14. The van der Waals surface area contributed by atoms with Crippen LogP contribution in [0.15, 0.2) is 15.9 Å². The third kappa shape index (κ3) is 3.17. The number of nitrogens with zero attached hydrogens (tertiary/aromatic N) is 1. The van der Waals surface area contributed by atoms with E-state index in [9.17, 15) is 4.79 Å². The molecular formula is C10H10BrNOS. The molecule has 0 bridgehead atoms. The number of carbonyl (C=O) groups is 1. The van der Waals surface area contributed by atoms with E-state index < -0.39 is 0 Å². The van der Waals surface area contributed by atoms with E-state index >= 15 is 0 Å². The third-order valence-corrected chi connectivity index (χ3v) is 3.38. The maximum Gasteiger partial charge on any atom is 0.234 e. The van der Waals surface area contributed by atoms with Gasteiger partial charge in [-0.05, 0) is 22.0 Å². The molecule has 0 aliphatic rings. The monoisotopic (exact) mass is 271 g/mol. The molecule has 0 spiro atoms. The predicted molar refractivity (Wildman–Crippen MR) is 61.9 cm³/mol. The quantitative estimate of drug-likeness (QED) is 0.774. The van der Waals surface area contributed by atoms with Gasteiger partial charge in [0.2, 0.25) is 5.91 Å². The summed E-state index contributed by atoms with van der Waals surface area (Å²) in [6.45, 7) is 0.622. The van der Waals surface area contributed by atoms with Crippen molar-refractivity contribution in [3.05, 3.63) is 20.8 Å². The molecule has 0 aliphatic heterocycles. The van der Waals surface area contributed by atoms with Crippen molar-refractivity contribution >= 4 is 33.2 Å². The minimum Gasteiger partial charge on any atom is -0.340 e. The second-order valence-electron chi connectivity index (χ2n) is 2.86. The lowest BCUT2D eigenvalue weighted by atomic mass is 10.3. The van der Waals surface area contributed by atoms with Crippen LogP contribution in [0.4, 0.5) is 0 Å². The Morgan fingerprint density at radius 3 is 3.00 bits per heavy atom. The Labute approximate surface area is 96.0 Å². The maximum absolute atomic E-state index is 11.3. The van der Waals surface area contributed by atoms with Gasteiger partial charge in [-0.1, -0.05) is 5.92 Å². The van der Waals surface area contributed by atoms with Crippen LogP contribution in [0.5, 0.6) is 0 Å².